The largest absolute Gasteiger partial charge is 0.508 e. The van der Waals surface area contributed by atoms with E-state index in [1.54, 1.807) is 12.1 Å². The molecule has 0 aliphatic heterocycles. The van der Waals surface area contributed by atoms with E-state index in [0.29, 0.717) is 12.7 Å². The summed E-state index contributed by atoms with van der Waals surface area (Å²) in [6, 6.07) is 5.42. The molecule has 0 saturated carbocycles. The Morgan fingerprint density at radius 2 is 1.88 bits per heavy atom. The molecule has 6 nitrogen and oxygen atoms in total. The predicted molar refractivity (Wildman–Crippen MR) is 96.5 cm³/mol. The van der Waals surface area contributed by atoms with Crippen LogP contribution in [-0.4, -0.2) is 46.6 Å². The van der Waals surface area contributed by atoms with Gasteiger partial charge in [-0.2, -0.15) is 0 Å². The summed E-state index contributed by atoms with van der Waals surface area (Å²) < 4.78 is 5.48. The summed E-state index contributed by atoms with van der Waals surface area (Å²) in [6.07, 6.45) is 10.9. The average Bonchev–Trinajstić information content (AvgIpc) is 2.56. The molecule has 0 radical (unpaired) electrons. The van der Waals surface area contributed by atoms with Gasteiger partial charge in [-0.05, 0) is 56.2 Å². The van der Waals surface area contributed by atoms with Gasteiger partial charge in [0.25, 0.3) is 0 Å². The summed E-state index contributed by atoms with van der Waals surface area (Å²) in [5.74, 6) is -0.860. The topological polar surface area (TPSA) is 113 Å². The Bertz CT molecular complexity index is 515. The first-order chi connectivity index (χ1) is 12.0. The Morgan fingerprint density at radius 1 is 1.20 bits per heavy atom. The van der Waals surface area contributed by atoms with Crippen LogP contribution in [0.15, 0.2) is 36.4 Å². The van der Waals surface area contributed by atoms with Crippen LogP contribution in [0.25, 0.3) is 0 Å². The van der Waals surface area contributed by atoms with Crippen LogP contribution in [0.5, 0.6) is 5.75 Å². The first-order valence-electron chi connectivity index (χ1n) is 8.66. The number of allylic oxidation sites excluding steroid dienone is 2. The molecule has 0 amide bonds. The van der Waals surface area contributed by atoms with Gasteiger partial charge in [0.2, 0.25) is 0 Å². The number of carboxylic acids is 1. The van der Waals surface area contributed by atoms with Gasteiger partial charge in [-0.15, -0.1) is 0 Å². The van der Waals surface area contributed by atoms with E-state index in [2.05, 4.69) is 12.2 Å². The Balaban J connectivity index is 0.000000251. The van der Waals surface area contributed by atoms with Gasteiger partial charge in [0.1, 0.15) is 11.8 Å². The maximum Gasteiger partial charge on any atom is 0.320 e. The van der Waals surface area contributed by atoms with Gasteiger partial charge in [-0.25, -0.2) is 0 Å². The average molecular weight is 351 g/mol. The number of phenols is 1. The molecular weight excluding hydrogens is 322 g/mol. The van der Waals surface area contributed by atoms with Gasteiger partial charge in [-0.3, -0.25) is 4.79 Å². The molecule has 0 heterocycles. The number of aliphatic carboxylic acids is 1. The SMILES string of the molecule is NC(Cc1ccc(O)cc1)C(=O)O.OCCOC1CC/C=C/CCC1. The number of aromatic hydroxyl groups is 1. The van der Waals surface area contributed by atoms with Gasteiger partial charge in [-0.1, -0.05) is 24.3 Å². The predicted octanol–water partition coefficient (Wildman–Crippen LogP) is 2.23. The lowest BCUT2D eigenvalue weighted by atomic mass is 10.0. The molecule has 0 bridgehead atoms. The minimum absolute atomic E-state index is 0.145. The van der Waals surface area contributed by atoms with Gasteiger partial charge in [0, 0.05) is 0 Å². The molecule has 2 rings (SSSR count). The fourth-order valence-electron chi connectivity index (χ4n) is 2.48. The van der Waals surface area contributed by atoms with Crippen molar-refractivity contribution in [2.45, 2.75) is 50.7 Å². The van der Waals surface area contributed by atoms with Crippen LogP contribution in [0.1, 0.15) is 37.7 Å². The summed E-state index contributed by atoms with van der Waals surface area (Å²) in [6.45, 7) is 0.640. The third-order valence-corrected chi connectivity index (χ3v) is 3.87. The zero-order chi connectivity index (χ0) is 18.5. The van der Waals surface area contributed by atoms with Crippen molar-refractivity contribution in [3.63, 3.8) is 0 Å². The van der Waals surface area contributed by atoms with Crippen LogP contribution < -0.4 is 5.73 Å². The molecule has 0 aromatic heterocycles. The number of aliphatic hydroxyl groups is 1. The quantitative estimate of drug-likeness (QED) is 0.585. The van der Waals surface area contributed by atoms with Crippen molar-refractivity contribution in [3.8, 4) is 5.75 Å². The number of carbonyl (C=O) groups is 1. The number of phenolic OH excluding ortho intramolecular Hbond substituents is 1. The summed E-state index contributed by atoms with van der Waals surface area (Å²) in [5, 5.41) is 26.1. The second-order valence-corrected chi connectivity index (χ2v) is 6.01. The van der Waals surface area contributed by atoms with Gasteiger partial charge < -0.3 is 25.8 Å². The van der Waals surface area contributed by atoms with Gasteiger partial charge in [0.05, 0.1) is 19.3 Å². The maximum absolute atomic E-state index is 10.4. The third-order valence-electron chi connectivity index (χ3n) is 3.87. The molecule has 1 aliphatic carbocycles. The lowest BCUT2D eigenvalue weighted by molar-refractivity contribution is -0.138. The standard InChI is InChI=1S/C10H18O2.C9H11NO3/c11-8-9-12-10-6-4-2-1-3-5-7-10;10-8(9(12)13)5-6-1-3-7(11)4-2-6/h1-2,10-11H,3-9H2;1-4,8,11H,5,10H2,(H,12,13)/b2-1+;. The van der Waals surface area contributed by atoms with Crippen molar-refractivity contribution in [1.82, 2.24) is 0 Å². The highest BCUT2D eigenvalue weighted by Crippen LogP contribution is 2.15. The first-order valence-corrected chi connectivity index (χ1v) is 8.66. The van der Waals surface area contributed by atoms with Crippen LogP contribution in [0.2, 0.25) is 0 Å². The summed E-state index contributed by atoms with van der Waals surface area (Å²) >= 11 is 0. The minimum atomic E-state index is -1.02. The Morgan fingerprint density at radius 3 is 2.52 bits per heavy atom. The molecular formula is C19H29NO5. The van der Waals surface area contributed by atoms with E-state index in [9.17, 15) is 4.79 Å². The Kier molecular flexibility index (Phi) is 10.6. The lowest BCUT2D eigenvalue weighted by Crippen LogP contribution is -2.32. The highest BCUT2D eigenvalue weighted by atomic mass is 16.5. The molecule has 0 fully saturated rings. The second-order valence-electron chi connectivity index (χ2n) is 6.01. The third kappa shape index (κ3) is 9.86. The molecule has 0 saturated heterocycles. The molecule has 140 valence electrons. The van der Waals surface area contributed by atoms with E-state index in [1.807, 2.05) is 0 Å². The second kappa shape index (κ2) is 12.5. The Labute approximate surface area is 148 Å². The van der Waals surface area contributed by atoms with Crippen molar-refractivity contribution in [1.29, 1.82) is 0 Å². The zero-order valence-corrected chi connectivity index (χ0v) is 14.5. The summed E-state index contributed by atoms with van der Waals surface area (Å²) in [4.78, 5) is 10.4. The summed E-state index contributed by atoms with van der Waals surface area (Å²) in [7, 11) is 0. The molecule has 0 spiro atoms. The van der Waals surface area contributed by atoms with E-state index in [0.717, 1.165) is 24.8 Å². The highest BCUT2D eigenvalue weighted by molar-refractivity contribution is 5.73. The van der Waals surface area contributed by atoms with Crippen molar-refractivity contribution in [2.75, 3.05) is 13.2 Å². The van der Waals surface area contributed by atoms with Crippen molar-refractivity contribution >= 4 is 5.97 Å². The van der Waals surface area contributed by atoms with Crippen molar-refractivity contribution in [2.24, 2.45) is 5.73 Å². The molecule has 6 heteroatoms. The number of ether oxygens (including phenoxy) is 1. The first kappa shape index (κ1) is 21.2. The van der Waals surface area contributed by atoms with E-state index in [-0.39, 0.29) is 18.8 Å². The normalized spacial score (nSPS) is 19.7. The maximum atomic E-state index is 10.4. The molecule has 2 unspecified atom stereocenters. The van der Waals surface area contributed by atoms with Gasteiger partial charge in [0.15, 0.2) is 0 Å². The molecule has 1 aliphatic rings. The highest BCUT2D eigenvalue weighted by Gasteiger charge is 2.11. The number of aliphatic hydroxyl groups excluding tert-OH is 1. The fourth-order valence-corrected chi connectivity index (χ4v) is 2.48. The van der Waals surface area contributed by atoms with Crippen LogP contribution >= 0.6 is 0 Å². The van der Waals surface area contributed by atoms with E-state index < -0.39 is 12.0 Å². The summed E-state index contributed by atoms with van der Waals surface area (Å²) in [5.41, 5.74) is 6.12. The zero-order valence-electron chi connectivity index (χ0n) is 14.5. The van der Waals surface area contributed by atoms with Crippen LogP contribution in [0.4, 0.5) is 0 Å². The fraction of sp³-hybridized carbons (Fsp3) is 0.526. The van der Waals surface area contributed by atoms with Crippen molar-refractivity contribution < 1.29 is 24.9 Å². The minimum Gasteiger partial charge on any atom is -0.508 e. The molecule has 1 aromatic carbocycles. The molecule has 2 atom stereocenters. The monoisotopic (exact) mass is 351 g/mol. The van der Waals surface area contributed by atoms with Crippen molar-refractivity contribution in [3.05, 3.63) is 42.0 Å². The van der Waals surface area contributed by atoms with Crippen LogP contribution in [0, 0.1) is 0 Å². The number of hydrogen-bond donors (Lipinski definition) is 4. The Hall–Kier alpha value is -1.89. The van der Waals surface area contributed by atoms with E-state index >= 15 is 0 Å². The number of carboxylic acid groups (broad SMARTS) is 1. The number of rotatable bonds is 6. The molecule has 1 aromatic rings. The van der Waals surface area contributed by atoms with Crippen LogP contribution in [-0.2, 0) is 16.0 Å². The van der Waals surface area contributed by atoms with E-state index in [1.165, 1.54) is 25.0 Å². The lowest BCUT2D eigenvalue weighted by Gasteiger charge is -2.17. The molecule has 25 heavy (non-hydrogen) atoms. The molecule has 5 N–H and O–H groups in total. The number of hydrogen-bond acceptors (Lipinski definition) is 5. The number of nitrogens with two attached hydrogens (primary N) is 1. The smallest absolute Gasteiger partial charge is 0.320 e. The van der Waals surface area contributed by atoms with E-state index in [4.69, 9.17) is 25.8 Å². The number of benzene rings is 1. The van der Waals surface area contributed by atoms with Crippen LogP contribution in [0.3, 0.4) is 0 Å². The van der Waals surface area contributed by atoms with Gasteiger partial charge >= 0.3 is 5.97 Å².